The second-order valence-electron chi connectivity index (χ2n) is 5.73. The van der Waals surface area contributed by atoms with Crippen LogP contribution in [0.25, 0.3) is 0 Å². The van der Waals surface area contributed by atoms with E-state index < -0.39 is 5.97 Å². The van der Waals surface area contributed by atoms with Gasteiger partial charge < -0.3 is 5.11 Å². The van der Waals surface area contributed by atoms with Crippen LogP contribution in [0.2, 0.25) is 0 Å². The van der Waals surface area contributed by atoms with Crippen molar-refractivity contribution in [2.75, 3.05) is 0 Å². The van der Waals surface area contributed by atoms with Gasteiger partial charge in [-0.15, -0.1) is 0 Å². The normalized spacial score (nSPS) is 10.7. The van der Waals surface area contributed by atoms with Crippen molar-refractivity contribution >= 4 is 33.3 Å². The maximum atomic E-state index is 10.3. The molecule has 0 fully saturated rings. The Hall–Kier alpha value is 0.132. The van der Waals surface area contributed by atoms with E-state index in [1.54, 1.807) is 0 Å². The van der Waals surface area contributed by atoms with Crippen molar-refractivity contribution in [3.63, 3.8) is 0 Å². The molecule has 0 unspecified atom stereocenters. The SMILES string of the molecule is CCCCCCCC/C=C\CCCCCCCC(=O)O.[Tl]. The summed E-state index contributed by atoms with van der Waals surface area (Å²) >= 11 is 0. The average Bonchev–Trinajstić information content (AvgIpc) is 2.43. The summed E-state index contributed by atoms with van der Waals surface area (Å²) in [5.74, 6) is -0.664. The van der Waals surface area contributed by atoms with Crippen LogP contribution in [0.3, 0.4) is 0 Å². The van der Waals surface area contributed by atoms with Crippen molar-refractivity contribution in [1.82, 2.24) is 0 Å². The number of carbonyl (C=O) groups is 1. The average molecular weight is 487 g/mol. The summed E-state index contributed by atoms with van der Waals surface area (Å²) in [5, 5.41) is 8.51. The van der Waals surface area contributed by atoms with Crippen LogP contribution in [0, 0.1) is 0 Å². The zero-order valence-corrected chi connectivity index (χ0v) is 18.5. The monoisotopic (exact) mass is 487 g/mol. The Bertz CT molecular complexity index is 239. The van der Waals surface area contributed by atoms with E-state index in [-0.39, 0.29) is 27.3 Å². The number of allylic oxidation sites excluding steroid dienone is 2. The molecule has 0 aliphatic carbocycles. The first-order valence-electron chi connectivity index (χ1n) is 8.64. The van der Waals surface area contributed by atoms with Crippen LogP contribution in [0.15, 0.2) is 12.2 Å². The third-order valence-electron chi connectivity index (χ3n) is 3.65. The zero-order valence-electron chi connectivity index (χ0n) is 14.0. The van der Waals surface area contributed by atoms with E-state index in [2.05, 4.69) is 19.1 Å². The first kappa shape index (κ1) is 23.4. The maximum absolute atomic E-state index is 10.3. The molecule has 0 aliphatic heterocycles. The summed E-state index contributed by atoms with van der Waals surface area (Å²) in [5.41, 5.74) is 0. The van der Waals surface area contributed by atoms with Crippen LogP contribution in [-0.2, 0) is 4.79 Å². The summed E-state index contributed by atoms with van der Waals surface area (Å²) in [4.78, 5) is 10.3. The summed E-state index contributed by atoms with van der Waals surface area (Å²) in [6, 6.07) is 0. The van der Waals surface area contributed by atoms with Gasteiger partial charge in [0.25, 0.3) is 0 Å². The Morgan fingerprint density at radius 1 is 0.762 bits per heavy atom. The van der Waals surface area contributed by atoms with Crippen molar-refractivity contribution in [2.24, 2.45) is 0 Å². The number of carboxylic acids is 1. The Kier molecular flexibility index (Phi) is 22.4. The number of aliphatic carboxylic acids is 1. The fourth-order valence-corrected chi connectivity index (χ4v) is 2.35. The van der Waals surface area contributed by atoms with Gasteiger partial charge in [0, 0.05) is 33.7 Å². The molecule has 2 nitrogen and oxygen atoms in total. The van der Waals surface area contributed by atoms with Gasteiger partial charge in [-0.05, 0) is 32.1 Å². The number of carboxylic acid groups (broad SMARTS) is 1. The summed E-state index contributed by atoms with van der Waals surface area (Å²) in [6.07, 6.45) is 21.2. The molecule has 0 rings (SSSR count). The van der Waals surface area contributed by atoms with Crippen LogP contribution in [0.4, 0.5) is 0 Å². The number of hydrogen-bond acceptors (Lipinski definition) is 1. The van der Waals surface area contributed by atoms with Crippen molar-refractivity contribution < 1.29 is 9.90 Å². The molecule has 0 atom stereocenters. The fourth-order valence-electron chi connectivity index (χ4n) is 2.35. The minimum Gasteiger partial charge on any atom is -0.481 e. The van der Waals surface area contributed by atoms with E-state index in [0.29, 0.717) is 6.42 Å². The van der Waals surface area contributed by atoms with Crippen molar-refractivity contribution in [3.05, 3.63) is 12.2 Å². The molecule has 0 aromatic heterocycles. The van der Waals surface area contributed by atoms with Crippen molar-refractivity contribution in [1.29, 1.82) is 0 Å². The minimum atomic E-state index is -0.664. The molecular formula is C18H34O2Tl. The van der Waals surface area contributed by atoms with Crippen LogP contribution < -0.4 is 0 Å². The number of unbranched alkanes of at least 4 members (excludes halogenated alkanes) is 11. The molecule has 0 aromatic carbocycles. The van der Waals surface area contributed by atoms with Crippen LogP contribution in [0.5, 0.6) is 0 Å². The quantitative estimate of drug-likeness (QED) is 0.182. The van der Waals surface area contributed by atoms with Gasteiger partial charge in [-0.1, -0.05) is 70.4 Å². The van der Waals surface area contributed by atoms with Gasteiger partial charge in [-0.3, -0.25) is 4.79 Å². The van der Waals surface area contributed by atoms with E-state index in [1.165, 1.54) is 70.6 Å². The van der Waals surface area contributed by atoms with E-state index in [0.717, 1.165) is 12.8 Å². The molecule has 0 aliphatic rings. The summed E-state index contributed by atoms with van der Waals surface area (Å²) in [7, 11) is 0. The third-order valence-corrected chi connectivity index (χ3v) is 3.65. The Balaban J connectivity index is 0. The van der Waals surface area contributed by atoms with Gasteiger partial charge >= 0.3 is 5.97 Å². The molecule has 0 amide bonds. The van der Waals surface area contributed by atoms with Gasteiger partial charge in [0.2, 0.25) is 0 Å². The number of rotatable bonds is 15. The Labute approximate surface area is 151 Å². The molecule has 0 saturated carbocycles. The van der Waals surface area contributed by atoms with Crippen molar-refractivity contribution in [3.8, 4) is 0 Å². The van der Waals surface area contributed by atoms with Crippen LogP contribution in [-0.4, -0.2) is 38.4 Å². The van der Waals surface area contributed by atoms with Gasteiger partial charge in [0.05, 0.1) is 0 Å². The molecule has 21 heavy (non-hydrogen) atoms. The topological polar surface area (TPSA) is 37.3 Å². The maximum Gasteiger partial charge on any atom is 0.303 e. The predicted molar refractivity (Wildman–Crippen MR) is 92.8 cm³/mol. The molecule has 0 spiro atoms. The van der Waals surface area contributed by atoms with Gasteiger partial charge in [0.1, 0.15) is 0 Å². The smallest absolute Gasteiger partial charge is 0.303 e. The molecule has 1 N–H and O–H groups in total. The Morgan fingerprint density at radius 3 is 1.67 bits per heavy atom. The first-order chi connectivity index (χ1) is 9.77. The van der Waals surface area contributed by atoms with Gasteiger partial charge in [-0.25, -0.2) is 0 Å². The van der Waals surface area contributed by atoms with E-state index in [4.69, 9.17) is 5.11 Å². The van der Waals surface area contributed by atoms with Crippen LogP contribution in [0.1, 0.15) is 96.8 Å². The van der Waals surface area contributed by atoms with Crippen LogP contribution >= 0.6 is 0 Å². The second kappa shape index (κ2) is 20.1. The molecule has 3 heteroatoms. The van der Waals surface area contributed by atoms with E-state index in [9.17, 15) is 4.79 Å². The molecule has 0 aromatic rings. The van der Waals surface area contributed by atoms with E-state index in [1.807, 2.05) is 0 Å². The second-order valence-corrected chi connectivity index (χ2v) is 5.73. The minimum absolute atomic E-state index is 0. The largest absolute Gasteiger partial charge is 0.481 e. The molecule has 1 radical (unpaired) electrons. The van der Waals surface area contributed by atoms with Gasteiger partial charge in [0.15, 0.2) is 0 Å². The Morgan fingerprint density at radius 2 is 1.19 bits per heavy atom. The molecule has 0 saturated heterocycles. The summed E-state index contributed by atoms with van der Waals surface area (Å²) < 4.78 is 0. The summed E-state index contributed by atoms with van der Waals surface area (Å²) in [6.45, 7) is 2.26. The molecule has 0 bridgehead atoms. The first-order valence-corrected chi connectivity index (χ1v) is 8.64. The fraction of sp³-hybridized carbons (Fsp3) is 0.833. The standard InChI is InChI=1S/C18H34O2.Tl/c1-2-3-4-5-6-7-8-9-10-11-12-13-14-15-16-17-18(19)20;/h9-10H,2-8,11-17H2,1H3,(H,19,20);/b10-9-;. The number of hydrogen-bond donors (Lipinski definition) is 1. The predicted octanol–water partition coefficient (Wildman–Crippen LogP) is 5.73. The molecule has 121 valence electrons. The van der Waals surface area contributed by atoms with Gasteiger partial charge in [-0.2, -0.15) is 0 Å². The van der Waals surface area contributed by atoms with E-state index >= 15 is 0 Å². The zero-order chi connectivity index (χ0) is 14.9. The molecule has 0 heterocycles. The van der Waals surface area contributed by atoms with Crippen molar-refractivity contribution in [2.45, 2.75) is 96.8 Å². The third kappa shape index (κ3) is 22.6. The molecular weight excluding hydrogens is 453 g/mol.